The number of hydrogen-bond acceptors (Lipinski definition) is 6. The maximum absolute atomic E-state index is 13.7. The lowest BCUT2D eigenvalue weighted by Crippen LogP contribution is -2.13. The predicted octanol–water partition coefficient (Wildman–Crippen LogP) is 0.414. The smallest absolute Gasteiger partial charge is 0.182 e. The van der Waals surface area contributed by atoms with Crippen LogP contribution in [0.3, 0.4) is 0 Å². The first kappa shape index (κ1) is 14.4. The second-order valence-corrected chi connectivity index (χ2v) is 6.79. The van der Waals surface area contributed by atoms with Crippen LogP contribution >= 0.6 is 0 Å². The molecule has 0 bridgehead atoms. The molecule has 0 atom stereocenters. The molecule has 2 aromatic rings. The average Bonchev–Trinajstić information content (AvgIpc) is 2.80. The first-order valence-corrected chi connectivity index (χ1v) is 7.84. The van der Waals surface area contributed by atoms with E-state index in [0.29, 0.717) is 11.1 Å². The third kappa shape index (κ3) is 3.10. The molecule has 2 N–H and O–H groups in total. The summed E-state index contributed by atoms with van der Waals surface area (Å²) in [7, 11) is -3.14. The summed E-state index contributed by atoms with van der Waals surface area (Å²) in [4.78, 5) is 0. The van der Waals surface area contributed by atoms with Crippen LogP contribution in [0.5, 0.6) is 0 Å². The lowest BCUT2D eigenvalue weighted by molar-refractivity contribution is 0.581. The Morgan fingerprint density at radius 3 is 2.70 bits per heavy atom. The van der Waals surface area contributed by atoms with Gasteiger partial charge in [0.1, 0.15) is 15.7 Å². The van der Waals surface area contributed by atoms with E-state index in [2.05, 4.69) is 15.5 Å². The molecular weight excluding hydrogens is 285 g/mol. The van der Waals surface area contributed by atoms with Crippen LogP contribution in [0.25, 0.3) is 11.4 Å². The van der Waals surface area contributed by atoms with Gasteiger partial charge in [0.05, 0.1) is 12.3 Å². The number of nitrogen functional groups attached to an aromatic ring is 1. The lowest BCUT2D eigenvalue weighted by Gasteiger charge is -2.07. The molecule has 0 aliphatic heterocycles. The van der Waals surface area contributed by atoms with E-state index in [1.165, 1.54) is 10.7 Å². The van der Waals surface area contributed by atoms with Crippen molar-refractivity contribution in [3.05, 3.63) is 23.5 Å². The summed E-state index contributed by atoms with van der Waals surface area (Å²) in [5, 5.41) is 11.0. The van der Waals surface area contributed by atoms with E-state index in [-0.39, 0.29) is 23.8 Å². The molecule has 0 saturated heterocycles. The van der Waals surface area contributed by atoms with Crippen LogP contribution in [0.2, 0.25) is 0 Å². The molecule has 20 heavy (non-hydrogen) atoms. The molecule has 1 aromatic carbocycles. The average molecular weight is 299 g/mol. The van der Waals surface area contributed by atoms with Crippen molar-refractivity contribution in [2.75, 3.05) is 17.7 Å². The molecular formula is C11H14FN5O2S. The van der Waals surface area contributed by atoms with E-state index in [4.69, 9.17) is 5.73 Å². The first-order chi connectivity index (χ1) is 9.28. The summed E-state index contributed by atoms with van der Waals surface area (Å²) in [6, 6.07) is 2.83. The molecule has 1 aromatic heterocycles. The van der Waals surface area contributed by atoms with E-state index in [1.807, 2.05) is 0 Å². The van der Waals surface area contributed by atoms with Crippen LogP contribution in [0.1, 0.15) is 5.56 Å². The van der Waals surface area contributed by atoms with Gasteiger partial charge < -0.3 is 5.73 Å². The van der Waals surface area contributed by atoms with Gasteiger partial charge in [-0.25, -0.2) is 17.5 Å². The second kappa shape index (κ2) is 5.16. The Bertz CT molecular complexity index is 718. The third-order valence-corrected chi connectivity index (χ3v) is 3.77. The summed E-state index contributed by atoms with van der Waals surface area (Å²) in [6.07, 6.45) is 1.13. The van der Waals surface area contributed by atoms with Crippen LogP contribution in [0.15, 0.2) is 12.1 Å². The van der Waals surface area contributed by atoms with Gasteiger partial charge in [0, 0.05) is 23.1 Å². The fraction of sp³-hybridized carbons (Fsp3) is 0.364. The number of benzene rings is 1. The van der Waals surface area contributed by atoms with Gasteiger partial charge in [0.25, 0.3) is 0 Å². The highest BCUT2D eigenvalue weighted by molar-refractivity contribution is 7.90. The van der Waals surface area contributed by atoms with E-state index >= 15 is 0 Å². The van der Waals surface area contributed by atoms with E-state index in [1.54, 1.807) is 13.0 Å². The Hall–Kier alpha value is -2.03. The van der Waals surface area contributed by atoms with Crippen LogP contribution < -0.4 is 5.73 Å². The fourth-order valence-corrected chi connectivity index (χ4v) is 2.15. The molecule has 2 rings (SSSR count). The monoisotopic (exact) mass is 299 g/mol. The van der Waals surface area contributed by atoms with Crippen molar-refractivity contribution >= 4 is 15.5 Å². The maximum atomic E-state index is 13.7. The molecule has 0 amide bonds. The highest BCUT2D eigenvalue weighted by Crippen LogP contribution is 2.24. The minimum atomic E-state index is -3.14. The number of aryl methyl sites for hydroxylation is 1. The predicted molar refractivity (Wildman–Crippen MR) is 72.1 cm³/mol. The normalized spacial score (nSPS) is 11.8. The first-order valence-electron chi connectivity index (χ1n) is 5.78. The number of nitrogens with two attached hydrogens (primary N) is 1. The Morgan fingerprint density at radius 1 is 1.40 bits per heavy atom. The molecule has 0 unspecified atom stereocenters. The minimum Gasteiger partial charge on any atom is -0.398 e. The number of nitrogens with zero attached hydrogens (tertiary/aromatic N) is 4. The summed E-state index contributed by atoms with van der Waals surface area (Å²) in [5.41, 5.74) is 6.75. The van der Waals surface area contributed by atoms with Crippen molar-refractivity contribution in [1.82, 2.24) is 20.2 Å². The van der Waals surface area contributed by atoms with Gasteiger partial charge in [-0.1, -0.05) is 0 Å². The molecule has 0 fully saturated rings. The molecule has 1 heterocycles. The summed E-state index contributed by atoms with van der Waals surface area (Å²) < 4.78 is 37.3. The summed E-state index contributed by atoms with van der Waals surface area (Å²) in [6.45, 7) is 1.66. The number of anilines is 1. The Balaban J connectivity index is 2.37. The number of sulfone groups is 1. The van der Waals surface area contributed by atoms with Crippen molar-refractivity contribution in [3.8, 4) is 11.4 Å². The van der Waals surface area contributed by atoms with Gasteiger partial charge >= 0.3 is 0 Å². The highest BCUT2D eigenvalue weighted by Gasteiger charge is 2.14. The molecule has 9 heteroatoms. The summed E-state index contributed by atoms with van der Waals surface area (Å²) in [5.74, 6) is -0.286. The number of hydrogen-bond donors (Lipinski definition) is 1. The molecule has 0 aliphatic carbocycles. The topological polar surface area (TPSA) is 104 Å². The van der Waals surface area contributed by atoms with Crippen molar-refractivity contribution in [2.45, 2.75) is 13.5 Å². The quantitative estimate of drug-likeness (QED) is 0.820. The van der Waals surface area contributed by atoms with Gasteiger partial charge in [0.2, 0.25) is 0 Å². The fourth-order valence-electron chi connectivity index (χ4n) is 1.64. The zero-order valence-electron chi connectivity index (χ0n) is 11.0. The van der Waals surface area contributed by atoms with Crippen LogP contribution in [0, 0.1) is 12.7 Å². The number of tetrazole rings is 1. The molecule has 108 valence electrons. The molecule has 0 radical (unpaired) electrons. The Kier molecular flexibility index (Phi) is 3.71. The van der Waals surface area contributed by atoms with Gasteiger partial charge in [0.15, 0.2) is 5.82 Å². The van der Waals surface area contributed by atoms with Gasteiger partial charge in [-0.3, -0.25) is 0 Å². The van der Waals surface area contributed by atoms with Gasteiger partial charge in [-0.2, -0.15) is 0 Å². The zero-order chi connectivity index (χ0) is 14.9. The largest absolute Gasteiger partial charge is 0.398 e. The highest BCUT2D eigenvalue weighted by atomic mass is 32.2. The second-order valence-electron chi connectivity index (χ2n) is 4.53. The molecule has 0 saturated carbocycles. The van der Waals surface area contributed by atoms with E-state index < -0.39 is 15.7 Å². The van der Waals surface area contributed by atoms with E-state index in [9.17, 15) is 12.8 Å². The van der Waals surface area contributed by atoms with Gasteiger partial charge in [-0.05, 0) is 29.5 Å². The molecule has 7 nitrogen and oxygen atoms in total. The standard InChI is InChI=1S/C11H14FN5O2S/c1-7-9(12)5-8(6-10(7)13)11-14-15-16-17(11)3-4-20(2,18)19/h5-6H,3-4,13H2,1-2H3. The van der Waals surface area contributed by atoms with Crippen molar-refractivity contribution in [2.24, 2.45) is 0 Å². The SMILES string of the molecule is Cc1c(N)cc(-c2nnnn2CCS(C)(=O)=O)cc1F. The number of rotatable bonds is 4. The van der Waals surface area contributed by atoms with Crippen LogP contribution in [-0.4, -0.2) is 40.6 Å². The Labute approximate surface area is 115 Å². The van der Waals surface area contributed by atoms with Crippen molar-refractivity contribution in [1.29, 1.82) is 0 Å². The van der Waals surface area contributed by atoms with Crippen LogP contribution in [-0.2, 0) is 16.4 Å². The van der Waals surface area contributed by atoms with Crippen molar-refractivity contribution < 1.29 is 12.8 Å². The lowest BCUT2D eigenvalue weighted by atomic mass is 10.1. The maximum Gasteiger partial charge on any atom is 0.182 e. The van der Waals surface area contributed by atoms with E-state index in [0.717, 1.165) is 6.26 Å². The number of halogens is 1. The number of aromatic nitrogens is 4. The zero-order valence-corrected chi connectivity index (χ0v) is 11.9. The van der Waals surface area contributed by atoms with Gasteiger partial charge in [-0.15, -0.1) is 5.10 Å². The Morgan fingerprint density at radius 2 is 2.10 bits per heavy atom. The molecule has 0 spiro atoms. The molecule has 0 aliphatic rings. The van der Waals surface area contributed by atoms with Crippen molar-refractivity contribution in [3.63, 3.8) is 0 Å². The minimum absolute atomic E-state index is 0.0938. The van der Waals surface area contributed by atoms with Crippen LogP contribution in [0.4, 0.5) is 10.1 Å². The summed E-state index contributed by atoms with van der Waals surface area (Å²) >= 11 is 0. The third-order valence-electron chi connectivity index (χ3n) is 2.85.